The molecule has 7 nitrogen and oxygen atoms in total. The van der Waals surface area contributed by atoms with Crippen molar-refractivity contribution in [3.8, 4) is 0 Å². The molecule has 2 amide bonds. The fraction of sp³-hybridized carbons (Fsp3) is 0.474. The highest BCUT2D eigenvalue weighted by Crippen LogP contribution is 2.23. The van der Waals surface area contributed by atoms with Crippen LogP contribution >= 0.6 is 0 Å². The monoisotopic (exact) mass is 355 g/mol. The van der Waals surface area contributed by atoms with E-state index in [0.717, 1.165) is 22.5 Å². The quantitative estimate of drug-likeness (QED) is 0.814. The number of amides is 2. The molecule has 1 aliphatic rings. The first-order valence-electron chi connectivity index (χ1n) is 8.77. The molecular weight excluding hydrogens is 330 g/mol. The molecule has 138 valence electrons. The fourth-order valence-corrected chi connectivity index (χ4v) is 3.48. The van der Waals surface area contributed by atoms with Crippen LogP contribution in [0.3, 0.4) is 0 Å². The van der Waals surface area contributed by atoms with Gasteiger partial charge >= 0.3 is 0 Å². The average molecular weight is 355 g/mol. The summed E-state index contributed by atoms with van der Waals surface area (Å²) in [6.07, 6.45) is 3.73. The molecule has 1 unspecified atom stereocenters. The molecule has 1 atom stereocenters. The van der Waals surface area contributed by atoms with E-state index >= 15 is 0 Å². The molecule has 0 saturated carbocycles. The van der Waals surface area contributed by atoms with E-state index in [0.29, 0.717) is 19.6 Å². The van der Waals surface area contributed by atoms with E-state index in [4.69, 9.17) is 0 Å². The van der Waals surface area contributed by atoms with Crippen LogP contribution < -0.4 is 0 Å². The summed E-state index contributed by atoms with van der Waals surface area (Å²) in [6.45, 7) is 5.43. The normalized spacial score (nSPS) is 17.0. The SMILES string of the molecule is Cc1nn(C)c(C)c1CN(C)C(=O)C1CC(=O)N(Cc2cccnc2)C1. The summed E-state index contributed by atoms with van der Waals surface area (Å²) in [5, 5.41) is 4.40. The topological polar surface area (TPSA) is 71.3 Å². The van der Waals surface area contributed by atoms with Gasteiger partial charge in [0.15, 0.2) is 0 Å². The van der Waals surface area contributed by atoms with Crippen molar-refractivity contribution in [2.45, 2.75) is 33.4 Å². The number of rotatable bonds is 5. The number of aryl methyl sites for hydroxylation is 2. The first-order chi connectivity index (χ1) is 12.4. The van der Waals surface area contributed by atoms with Gasteiger partial charge in [-0.2, -0.15) is 5.10 Å². The highest BCUT2D eigenvalue weighted by molar-refractivity contribution is 5.89. The lowest BCUT2D eigenvalue weighted by Crippen LogP contribution is -2.34. The molecule has 26 heavy (non-hydrogen) atoms. The van der Waals surface area contributed by atoms with Crippen molar-refractivity contribution in [1.82, 2.24) is 24.6 Å². The second kappa shape index (κ2) is 7.27. The molecule has 7 heteroatoms. The summed E-state index contributed by atoms with van der Waals surface area (Å²) >= 11 is 0. The molecule has 2 aromatic rings. The van der Waals surface area contributed by atoms with E-state index in [9.17, 15) is 9.59 Å². The summed E-state index contributed by atoms with van der Waals surface area (Å²) in [5.74, 6) is -0.259. The largest absolute Gasteiger partial charge is 0.341 e. The van der Waals surface area contributed by atoms with Crippen molar-refractivity contribution in [1.29, 1.82) is 0 Å². The smallest absolute Gasteiger partial charge is 0.228 e. The number of hydrogen-bond acceptors (Lipinski definition) is 4. The molecule has 0 aliphatic carbocycles. The summed E-state index contributed by atoms with van der Waals surface area (Å²) in [5.41, 5.74) is 4.04. The van der Waals surface area contributed by atoms with Gasteiger partial charge in [0.1, 0.15) is 0 Å². The molecule has 0 N–H and O–H groups in total. The summed E-state index contributed by atoms with van der Waals surface area (Å²) in [4.78, 5) is 32.7. The molecule has 0 radical (unpaired) electrons. The Kier molecular flexibility index (Phi) is 5.06. The van der Waals surface area contributed by atoms with E-state index in [2.05, 4.69) is 10.1 Å². The third-order valence-electron chi connectivity index (χ3n) is 5.09. The Bertz CT molecular complexity index is 815. The predicted octanol–water partition coefficient (Wildman–Crippen LogP) is 1.44. The second-order valence-corrected chi connectivity index (χ2v) is 7.00. The molecule has 1 saturated heterocycles. The van der Waals surface area contributed by atoms with Gasteiger partial charge in [-0.25, -0.2) is 0 Å². The Balaban J connectivity index is 1.63. The molecule has 1 fully saturated rings. The standard InChI is InChI=1S/C19H25N5O2/c1-13-17(14(2)23(4)21-13)12-22(3)19(26)16-8-18(25)24(11-16)10-15-6-5-7-20-9-15/h5-7,9,16H,8,10-12H2,1-4H3. The van der Waals surface area contributed by atoms with E-state index in [1.54, 1.807) is 29.2 Å². The van der Waals surface area contributed by atoms with Crippen LogP contribution in [0.2, 0.25) is 0 Å². The number of likely N-dealkylation sites (tertiary alicyclic amines) is 1. The van der Waals surface area contributed by atoms with Gasteiger partial charge in [-0.05, 0) is 25.5 Å². The van der Waals surface area contributed by atoms with Gasteiger partial charge in [-0.15, -0.1) is 0 Å². The lowest BCUT2D eigenvalue weighted by Gasteiger charge is -2.22. The van der Waals surface area contributed by atoms with Crippen molar-refractivity contribution < 1.29 is 9.59 Å². The highest BCUT2D eigenvalue weighted by Gasteiger charge is 2.35. The maximum Gasteiger partial charge on any atom is 0.228 e. The summed E-state index contributed by atoms with van der Waals surface area (Å²) in [6, 6.07) is 3.79. The number of nitrogens with zero attached hydrogens (tertiary/aromatic N) is 5. The van der Waals surface area contributed by atoms with Crippen LogP contribution in [-0.2, 0) is 29.7 Å². The van der Waals surface area contributed by atoms with E-state index < -0.39 is 0 Å². The molecule has 0 spiro atoms. The Morgan fingerprint density at radius 1 is 1.38 bits per heavy atom. The van der Waals surface area contributed by atoms with Crippen LogP contribution in [0.15, 0.2) is 24.5 Å². The highest BCUT2D eigenvalue weighted by atomic mass is 16.2. The fourth-order valence-electron chi connectivity index (χ4n) is 3.48. The Morgan fingerprint density at radius 3 is 2.77 bits per heavy atom. The number of aromatic nitrogens is 3. The van der Waals surface area contributed by atoms with Crippen LogP contribution in [0.5, 0.6) is 0 Å². The minimum atomic E-state index is -0.290. The third-order valence-corrected chi connectivity index (χ3v) is 5.09. The molecular formula is C19H25N5O2. The lowest BCUT2D eigenvalue weighted by atomic mass is 10.1. The molecule has 3 heterocycles. The second-order valence-electron chi connectivity index (χ2n) is 7.00. The van der Waals surface area contributed by atoms with Crippen LogP contribution in [0, 0.1) is 19.8 Å². The Morgan fingerprint density at radius 2 is 2.15 bits per heavy atom. The van der Waals surface area contributed by atoms with Gasteiger partial charge in [0, 0.05) is 63.8 Å². The minimum absolute atomic E-state index is 0.00897. The van der Waals surface area contributed by atoms with Crippen LogP contribution in [-0.4, -0.2) is 50.0 Å². The Labute approximate surface area is 153 Å². The zero-order valence-electron chi connectivity index (χ0n) is 15.8. The molecule has 0 aromatic carbocycles. The van der Waals surface area contributed by atoms with E-state index in [1.165, 1.54) is 0 Å². The average Bonchev–Trinajstić information content (AvgIpc) is 3.09. The van der Waals surface area contributed by atoms with Crippen LogP contribution in [0.1, 0.15) is 28.9 Å². The van der Waals surface area contributed by atoms with E-state index in [-0.39, 0.29) is 24.2 Å². The predicted molar refractivity (Wildman–Crippen MR) is 96.9 cm³/mol. The van der Waals surface area contributed by atoms with Gasteiger partial charge in [0.25, 0.3) is 0 Å². The van der Waals surface area contributed by atoms with Crippen molar-refractivity contribution in [3.63, 3.8) is 0 Å². The van der Waals surface area contributed by atoms with Crippen molar-refractivity contribution >= 4 is 11.8 Å². The van der Waals surface area contributed by atoms with Gasteiger partial charge in [-0.3, -0.25) is 19.3 Å². The summed E-state index contributed by atoms with van der Waals surface area (Å²) in [7, 11) is 3.70. The number of pyridine rings is 1. The van der Waals surface area contributed by atoms with Gasteiger partial charge in [0.05, 0.1) is 11.6 Å². The van der Waals surface area contributed by atoms with Crippen molar-refractivity contribution in [2.75, 3.05) is 13.6 Å². The molecule has 3 rings (SSSR count). The van der Waals surface area contributed by atoms with Gasteiger partial charge in [-0.1, -0.05) is 6.07 Å². The van der Waals surface area contributed by atoms with Crippen molar-refractivity contribution in [3.05, 3.63) is 47.0 Å². The molecule has 0 bridgehead atoms. The Hall–Kier alpha value is -2.70. The van der Waals surface area contributed by atoms with Gasteiger partial charge < -0.3 is 9.80 Å². The van der Waals surface area contributed by atoms with Gasteiger partial charge in [0.2, 0.25) is 11.8 Å². The number of carbonyl (C=O) groups is 2. The van der Waals surface area contributed by atoms with Crippen molar-refractivity contribution in [2.24, 2.45) is 13.0 Å². The molecule has 2 aromatic heterocycles. The first kappa shape index (κ1) is 18.1. The zero-order valence-corrected chi connectivity index (χ0v) is 15.8. The molecule has 1 aliphatic heterocycles. The maximum absolute atomic E-state index is 12.8. The lowest BCUT2D eigenvalue weighted by molar-refractivity contribution is -0.135. The maximum atomic E-state index is 12.8. The zero-order chi connectivity index (χ0) is 18.8. The van der Waals surface area contributed by atoms with Crippen LogP contribution in [0.4, 0.5) is 0 Å². The summed E-state index contributed by atoms with van der Waals surface area (Å²) < 4.78 is 1.83. The first-order valence-corrected chi connectivity index (χ1v) is 8.77. The van der Waals surface area contributed by atoms with Crippen LogP contribution in [0.25, 0.3) is 0 Å². The number of hydrogen-bond donors (Lipinski definition) is 0. The number of carbonyl (C=O) groups excluding carboxylic acids is 2. The third kappa shape index (κ3) is 3.61. The minimum Gasteiger partial charge on any atom is -0.341 e. The van der Waals surface area contributed by atoms with E-state index in [1.807, 2.05) is 37.7 Å².